The second-order valence-electron chi connectivity index (χ2n) is 11.3. The molecule has 1 atom stereocenters. The zero-order chi connectivity index (χ0) is 30.0. The number of amides is 1. The van der Waals surface area contributed by atoms with Gasteiger partial charge in [0, 0.05) is 26.6 Å². The lowest BCUT2D eigenvalue weighted by Gasteiger charge is -2.24. The molecule has 4 nitrogen and oxygen atoms in total. The maximum atomic E-state index is 11.2. The van der Waals surface area contributed by atoms with Gasteiger partial charge in [-0.2, -0.15) is 0 Å². The molecular formula is C35H75NO3. The molecule has 1 aliphatic rings. The molecule has 0 bridgehead atoms. The molecular weight excluding hydrogens is 482 g/mol. The minimum absolute atomic E-state index is 0.0474. The Bertz CT molecular complexity index is 428. The predicted octanol–water partition coefficient (Wildman–Crippen LogP) is 10.5. The summed E-state index contributed by atoms with van der Waals surface area (Å²) in [7, 11) is 1.70. The highest BCUT2D eigenvalue weighted by Gasteiger charge is 2.15. The van der Waals surface area contributed by atoms with Crippen LogP contribution in [0.25, 0.3) is 0 Å². The van der Waals surface area contributed by atoms with E-state index in [0.29, 0.717) is 25.8 Å². The minimum atomic E-state index is -0.470. The molecule has 2 N–H and O–H groups in total. The van der Waals surface area contributed by atoms with E-state index >= 15 is 0 Å². The summed E-state index contributed by atoms with van der Waals surface area (Å²) < 4.78 is 0. The molecule has 1 rings (SSSR count). The van der Waals surface area contributed by atoms with Gasteiger partial charge in [0.2, 0.25) is 5.91 Å². The van der Waals surface area contributed by atoms with E-state index in [2.05, 4.69) is 20.8 Å². The van der Waals surface area contributed by atoms with Gasteiger partial charge < -0.3 is 15.1 Å². The van der Waals surface area contributed by atoms with Crippen LogP contribution in [0.4, 0.5) is 0 Å². The number of hydrogen-bond donors (Lipinski definition) is 2. The van der Waals surface area contributed by atoms with Gasteiger partial charge in [-0.1, -0.05) is 164 Å². The van der Waals surface area contributed by atoms with E-state index in [1.54, 1.807) is 18.9 Å². The third-order valence-corrected chi connectivity index (χ3v) is 7.56. The van der Waals surface area contributed by atoms with Crippen molar-refractivity contribution in [2.75, 3.05) is 20.2 Å². The zero-order valence-corrected chi connectivity index (χ0v) is 28.1. The lowest BCUT2D eigenvalue weighted by atomic mass is 9.82. The largest absolute Gasteiger partial charge is 0.396 e. The third kappa shape index (κ3) is 35.4. The highest BCUT2D eigenvalue weighted by Crippen LogP contribution is 2.30. The van der Waals surface area contributed by atoms with Crippen LogP contribution in [0.15, 0.2) is 0 Å². The first-order chi connectivity index (χ1) is 19.0. The number of rotatable bonds is 22. The Morgan fingerprint density at radius 1 is 0.718 bits per heavy atom. The van der Waals surface area contributed by atoms with Gasteiger partial charge in [-0.3, -0.25) is 4.79 Å². The van der Waals surface area contributed by atoms with Crippen LogP contribution in [0, 0.1) is 5.92 Å². The van der Waals surface area contributed by atoms with Crippen molar-refractivity contribution in [1.29, 1.82) is 0 Å². The molecule has 238 valence electrons. The summed E-state index contributed by atoms with van der Waals surface area (Å²) in [5.41, 5.74) is 0. The molecule has 0 aliphatic heterocycles. The van der Waals surface area contributed by atoms with Crippen molar-refractivity contribution in [2.24, 2.45) is 5.92 Å². The van der Waals surface area contributed by atoms with Gasteiger partial charge in [-0.05, 0) is 25.2 Å². The molecule has 0 radical (unpaired) electrons. The quantitative estimate of drug-likeness (QED) is 0.130. The van der Waals surface area contributed by atoms with Crippen molar-refractivity contribution < 1.29 is 15.0 Å². The fraction of sp³-hybridized carbons (Fsp3) is 0.971. The van der Waals surface area contributed by atoms with Crippen LogP contribution in [0.3, 0.4) is 0 Å². The van der Waals surface area contributed by atoms with Gasteiger partial charge >= 0.3 is 0 Å². The van der Waals surface area contributed by atoms with Gasteiger partial charge in [-0.15, -0.1) is 0 Å². The Labute approximate surface area is 247 Å². The Morgan fingerprint density at radius 2 is 1.15 bits per heavy atom. The van der Waals surface area contributed by atoms with E-state index in [1.165, 1.54) is 122 Å². The number of aliphatic hydroxyl groups excluding tert-OH is 2. The number of carbonyl (C=O) groups is 1. The Hall–Kier alpha value is -0.610. The Morgan fingerprint density at radius 3 is 1.49 bits per heavy atom. The van der Waals surface area contributed by atoms with Crippen molar-refractivity contribution in [1.82, 2.24) is 4.90 Å². The molecule has 0 aromatic rings. The molecule has 1 amide bonds. The van der Waals surface area contributed by atoms with Crippen LogP contribution in [-0.2, 0) is 4.79 Å². The molecule has 0 aromatic heterocycles. The fourth-order valence-electron chi connectivity index (χ4n) is 4.64. The van der Waals surface area contributed by atoms with E-state index < -0.39 is 6.10 Å². The maximum Gasteiger partial charge on any atom is 0.222 e. The standard InChI is InChI=1S/C15H32.C10H21NO3.C8H16.C2H6/c1-3-5-7-9-11-13-15-14-12-10-8-6-4-2;1-3-10(14)11(2)8-9(13)6-4-5-7-12;1-2-3-5-8-6-4-7-8;1-2/h3-15H2,1-2H3;9,12-13H,3-8H2,1-2H3;8H,2-7H2,1H3;1-2H3/t;9-;;/m.1../s1. The van der Waals surface area contributed by atoms with Crippen molar-refractivity contribution in [2.45, 2.75) is 195 Å². The molecule has 0 saturated heterocycles. The maximum absolute atomic E-state index is 11.2. The minimum Gasteiger partial charge on any atom is -0.396 e. The van der Waals surface area contributed by atoms with E-state index in [-0.39, 0.29) is 12.5 Å². The smallest absolute Gasteiger partial charge is 0.222 e. The Kier molecular flexibility index (Phi) is 41.1. The molecule has 4 heteroatoms. The lowest BCUT2D eigenvalue weighted by Crippen LogP contribution is -2.33. The summed E-state index contributed by atoms with van der Waals surface area (Å²) in [5, 5.41) is 18.1. The first kappa shape index (κ1) is 42.9. The molecule has 1 fully saturated rings. The van der Waals surface area contributed by atoms with Gasteiger partial charge in [0.1, 0.15) is 0 Å². The molecule has 1 saturated carbocycles. The second-order valence-corrected chi connectivity index (χ2v) is 11.3. The second kappa shape index (κ2) is 37.4. The highest BCUT2D eigenvalue weighted by atomic mass is 16.3. The van der Waals surface area contributed by atoms with Crippen LogP contribution in [-0.4, -0.2) is 47.3 Å². The third-order valence-electron chi connectivity index (χ3n) is 7.56. The topological polar surface area (TPSA) is 60.8 Å². The van der Waals surface area contributed by atoms with Gasteiger partial charge in [0.15, 0.2) is 0 Å². The number of carbonyl (C=O) groups excluding carboxylic acids is 1. The summed E-state index contributed by atoms with van der Waals surface area (Å²) in [5.74, 6) is 1.18. The number of unbranched alkanes of at least 4 members (excludes halogenated alkanes) is 14. The molecule has 0 spiro atoms. The van der Waals surface area contributed by atoms with Crippen LogP contribution in [0.2, 0.25) is 0 Å². The van der Waals surface area contributed by atoms with Crippen molar-refractivity contribution in [3.8, 4) is 0 Å². The summed E-state index contributed by atoms with van der Waals surface area (Å²) in [4.78, 5) is 12.7. The van der Waals surface area contributed by atoms with Crippen LogP contribution >= 0.6 is 0 Å². The number of hydrogen-bond acceptors (Lipinski definition) is 3. The van der Waals surface area contributed by atoms with E-state index in [1.807, 2.05) is 13.8 Å². The van der Waals surface area contributed by atoms with Crippen molar-refractivity contribution >= 4 is 5.91 Å². The van der Waals surface area contributed by atoms with Crippen molar-refractivity contribution in [3.63, 3.8) is 0 Å². The first-order valence-corrected chi connectivity index (χ1v) is 17.5. The Balaban J connectivity index is -0.000000500. The van der Waals surface area contributed by atoms with E-state index in [9.17, 15) is 9.90 Å². The summed E-state index contributed by atoms with van der Waals surface area (Å²) in [6.45, 7) is 13.2. The lowest BCUT2D eigenvalue weighted by molar-refractivity contribution is -0.130. The van der Waals surface area contributed by atoms with Gasteiger partial charge in [0.05, 0.1) is 6.10 Å². The monoisotopic (exact) mass is 558 g/mol. The fourth-order valence-corrected chi connectivity index (χ4v) is 4.64. The first-order valence-electron chi connectivity index (χ1n) is 17.5. The van der Waals surface area contributed by atoms with Crippen molar-refractivity contribution in [3.05, 3.63) is 0 Å². The SMILES string of the molecule is CC.CCC(=O)N(C)C[C@H](O)CCCCO.CCCCC1CCC1.CCCCCCCCCCCCCCC. The highest BCUT2D eigenvalue weighted by molar-refractivity contribution is 5.75. The molecule has 0 heterocycles. The zero-order valence-electron chi connectivity index (χ0n) is 28.1. The normalized spacial score (nSPS) is 13.1. The summed E-state index contributed by atoms with van der Waals surface area (Å²) in [6.07, 6.45) is 30.0. The van der Waals surface area contributed by atoms with Gasteiger partial charge in [0.25, 0.3) is 0 Å². The van der Waals surface area contributed by atoms with Crippen LogP contribution in [0.1, 0.15) is 189 Å². The number of nitrogens with zero attached hydrogens (tertiary/aromatic N) is 1. The van der Waals surface area contributed by atoms with Crippen LogP contribution in [0.5, 0.6) is 0 Å². The molecule has 0 aromatic carbocycles. The predicted molar refractivity (Wildman–Crippen MR) is 174 cm³/mol. The number of aliphatic hydroxyl groups is 2. The molecule has 1 aliphatic carbocycles. The van der Waals surface area contributed by atoms with Crippen LogP contribution < -0.4 is 0 Å². The number of likely N-dealkylation sites (N-methyl/N-ethyl adjacent to an activating group) is 1. The molecule has 0 unspecified atom stereocenters. The average Bonchev–Trinajstić information content (AvgIpc) is 2.92. The molecule has 39 heavy (non-hydrogen) atoms. The summed E-state index contributed by atoms with van der Waals surface area (Å²) in [6, 6.07) is 0. The summed E-state index contributed by atoms with van der Waals surface area (Å²) >= 11 is 0. The average molecular weight is 558 g/mol. The van der Waals surface area contributed by atoms with Gasteiger partial charge in [-0.25, -0.2) is 0 Å². The van der Waals surface area contributed by atoms with E-state index in [0.717, 1.165) is 12.3 Å². The van der Waals surface area contributed by atoms with E-state index in [4.69, 9.17) is 5.11 Å².